The molecule has 0 aliphatic rings. The topological polar surface area (TPSA) is 26.3 Å². The van der Waals surface area contributed by atoms with Gasteiger partial charge in [-0.15, -0.1) is 0 Å². The fourth-order valence-corrected chi connectivity index (χ4v) is 2.15. The molecule has 0 fully saturated rings. The summed E-state index contributed by atoms with van der Waals surface area (Å²) in [4.78, 5) is 10.6. The van der Waals surface area contributed by atoms with E-state index in [2.05, 4.69) is 39.8 Å². The molecule has 1 rings (SSSR count). The fourth-order valence-electron chi connectivity index (χ4n) is 2.15. The Bertz CT molecular complexity index is 394. The van der Waals surface area contributed by atoms with Crippen molar-refractivity contribution >= 4 is 6.29 Å². The molecule has 1 aromatic rings. The first-order chi connectivity index (χ1) is 8.01. The molecule has 17 heavy (non-hydrogen) atoms. The van der Waals surface area contributed by atoms with E-state index in [0.29, 0.717) is 12.3 Å². The van der Waals surface area contributed by atoms with Crippen LogP contribution in [0.4, 0.5) is 0 Å². The molecule has 94 valence electrons. The molecule has 0 amide bonds. The number of hydrogen-bond donors (Lipinski definition) is 0. The van der Waals surface area contributed by atoms with Crippen molar-refractivity contribution in [3.63, 3.8) is 0 Å². The summed E-state index contributed by atoms with van der Waals surface area (Å²) in [5, 5.41) is 0. The molecule has 0 spiro atoms. The maximum atomic E-state index is 10.6. The van der Waals surface area contributed by atoms with Crippen LogP contribution in [0.1, 0.15) is 55.7 Å². The lowest BCUT2D eigenvalue weighted by Gasteiger charge is -2.18. The summed E-state index contributed by atoms with van der Waals surface area (Å²) in [6.45, 7) is 8.47. The Kier molecular flexibility index (Phi) is 4.73. The lowest BCUT2D eigenvalue weighted by molar-refractivity contribution is -0.108. The zero-order valence-electron chi connectivity index (χ0n) is 11.4. The third-order valence-corrected chi connectivity index (χ3v) is 3.22. The lowest BCUT2D eigenvalue weighted by Crippen LogP contribution is -2.02. The number of benzene rings is 1. The molecule has 0 saturated carbocycles. The van der Waals surface area contributed by atoms with Gasteiger partial charge in [0.2, 0.25) is 0 Å². The van der Waals surface area contributed by atoms with E-state index in [-0.39, 0.29) is 5.92 Å². The van der Waals surface area contributed by atoms with Gasteiger partial charge in [-0.2, -0.15) is 0 Å². The summed E-state index contributed by atoms with van der Waals surface area (Å²) in [5.41, 5.74) is 3.66. The molecular formula is C15H22O2. The second kappa shape index (κ2) is 5.85. The van der Waals surface area contributed by atoms with Crippen LogP contribution in [0.3, 0.4) is 0 Å². The van der Waals surface area contributed by atoms with E-state index < -0.39 is 0 Å². The first-order valence-electron chi connectivity index (χ1n) is 6.13. The quantitative estimate of drug-likeness (QED) is 0.724. The van der Waals surface area contributed by atoms with Crippen LogP contribution in [-0.2, 0) is 4.79 Å². The van der Waals surface area contributed by atoms with Gasteiger partial charge < -0.3 is 9.53 Å². The van der Waals surface area contributed by atoms with Crippen molar-refractivity contribution in [2.75, 3.05) is 7.11 Å². The Morgan fingerprint density at radius 2 is 1.88 bits per heavy atom. The average Bonchev–Trinajstić information content (AvgIpc) is 2.28. The average molecular weight is 234 g/mol. The molecule has 0 aliphatic carbocycles. The zero-order chi connectivity index (χ0) is 13.0. The SMILES string of the molecule is COc1cc(C)c(C(C)CC=O)cc1C(C)C. The molecule has 0 radical (unpaired) electrons. The number of carbonyl (C=O) groups excluding carboxylic acids is 1. The Morgan fingerprint density at radius 3 is 2.35 bits per heavy atom. The number of aryl methyl sites for hydroxylation is 1. The van der Waals surface area contributed by atoms with Crippen LogP contribution in [-0.4, -0.2) is 13.4 Å². The number of ether oxygens (including phenoxy) is 1. The van der Waals surface area contributed by atoms with Gasteiger partial charge in [-0.05, 0) is 41.5 Å². The number of aldehydes is 1. The van der Waals surface area contributed by atoms with Gasteiger partial charge in [-0.25, -0.2) is 0 Å². The van der Waals surface area contributed by atoms with Crippen LogP contribution in [0.2, 0.25) is 0 Å². The minimum Gasteiger partial charge on any atom is -0.496 e. The van der Waals surface area contributed by atoms with E-state index in [9.17, 15) is 4.79 Å². The second-order valence-electron chi connectivity index (χ2n) is 4.91. The van der Waals surface area contributed by atoms with Gasteiger partial charge >= 0.3 is 0 Å². The summed E-state index contributed by atoms with van der Waals surface area (Å²) < 4.78 is 5.41. The summed E-state index contributed by atoms with van der Waals surface area (Å²) in [6.07, 6.45) is 1.56. The Labute approximate surface area is 104 Å². The number of methoxy groups -OCH3 is 1. The van der Waals surface area contributed by atoms with E-state index in [4.69, 9.17) is 4.74 Å². The van der Waals surface area contributed by atoms with Gasteiger partial charge in [0, 0.05) is 6.42 Å². The third kappa shape index (κ3) is 3.09. The van der Waals surface area contributed by atoms with Crippen molar-refractivity contribution in [3.05, 3.63) is 28.8 Å². The number of rotatable bonds is 5. The number of carbonyl (C=O) groups is 1. The molecule has 0 heterocycles. The fraction of sp³-hybridized carbons (Fsp3) is 0.533. The second-order valence-corrected chi connectivity index (χ2v) is 4.91. The zero-order valence-corrected chi connectivity index (χ0v) is 11.4. The van der Waals surface area contributed by atoms with Gasteiger partial charge in [0.25, 0.3) is 0 Å². The minimum atomic E-state index is 0.274. The smallest absolute Gasteiger partial charge is 0.122 e. The summed E-state index contributed by atoms with van der Waals surface area (Å²) in [5.74, 6) is 1.64. The van der Waals surface area contributed by atoms with Crippen molar-refractivity contribution in [2.45, 2.75) is 46.0 Å². The highest BCUT2D eigenvalue weighted by Crippen LogP contribution is 2.33. The van der Waals surface area contributed by atoms with Crippen molar-refractivity contribution in [1.29, 1.82) is 0 Å². The highest BCUT2D eigenvalue weighted by Gasteiger charge is 2.14. The normalized spacial score (nSPS) is 12.6. The minimum absolute atomic E-state index is 0.274. The molecule has 1 aromatic carbocycles. The summed E-state index contributed by atoms with van der Waals surface area (Å²) >= 11 is 0. The van der Waals surface area contributed by atoms with E-state index in [1.807, 2.05) is 0 Å². The van der Waals surface area contributed by atoms with Crippen molar-refractivity contribution in [1.82, 2.24) is 0 Å². The van der Waals surface area contributed by atoms with Crippen LogP contribution in [0.5, 0.6) is 5.75 Å². The predicted octanol–water partition coefficient (Wildman–Crippen LogP) is 3.82. The monoisotopic (exact) mass is 234 g/mol. The van der Waals surface area contributed by atoms with E-state index in [1.54, 1.807) is 7.11 Å². The standard InChI is InChI=1S/C15H22O2/c1-10(2)13-9-14(11(3)6-7-16)12(4)8-15(13)17-5/h7-11H,6H2,1-5H3. The molecule has 0 N–H and O–H groups in total. The van der Waals surface area contributed by atoms with Crippen LogP contribution >= 0.6 is 0 Å². The van der Waals surface area contributed by atoms with E-state index in [0.717, 1.165) is 12.0 Å². The van der Waals surface area contributed by atoms with E-state index in [1.165, 1.54) is 16.7 Å². The molecule has 1 unspecified atom stereocenters. The molecule has 0 aliphatic heterocycles. The lowest BCUT2D eigenvalue weighted by atomic mass is 9.89. The Balaban J connectivity index is 3.23. The maximum absolute atomic E-state index is 10.6. The van der Waals surface area contributed by atoms with Crippen LogP contribution in [0.15, 0.2) is 12.1 Å². The van der Waals surface area contributed by atoms with Gasteiger partial charge in [-0.3, -0.25) is 0 Å². The Hall–Kier alpha value is -1.31. The predicted molar refractivity (Wildman–Crippen MR) is 70.9 cm³/mol. The largest absolute Gasteiger partial charge is 0.496 e. The van der Waals surface area contributed by atoms with Crippen molar-refractivity contribution < 1.29 is 9.53 Å². The highest BCUT2D eigenvalue weighted by molar-refractivity contribution is 5.53. The Morgan fingerprint density at radius 1 is 1.24 bits per heavy atom. The van der Waals surface area contributed by atoms with E-state index >= 15 is 0 Å². The molecular weight excluding hydrogens is 212 g/mol. The maximum Gasteiger partial charge on any atom is 0.122 e. The van der Waals surface area contributed by atoms with Crippen molar-refractivity contribution in [3.8, 4) is 5.75 Å². The van der Waals surface area contributed by atoms with Crippen LogP contribution < -0.4 is 4.74 Å². The molecule has 2 heteroatoms. The van der Waals surface area contributed by atoms with Gasteiger partial charge in [0.15, 0.2) is 0 Å². The molecule has 2 nitrogen and oxygen atoms in total. The first kappa shape index (κ1) is 13.8. The highest BCUT2D eigenvalue weighted by atomic mass is 16.5. The molecule has 1 atom stereocenters. The van der Waals surface area contributed by atoms with Crippen molar-refractivity contribution in [2.24, 2.45) is 0 Å². The summed E-state index contributed by atoms with van der Waals surface area (Å²) in [6, 6.07) is 4.26. The molecule has 0 aromatic heterocycles. The summed E-state index contributed by atoms with van der Waals surface area (Å²) in [7, 11) is 1.70. The van der Waals surface area contributed by atoms with Gasteiger partial charge in [0.1, 0.15) is 12.0 Å². The molecule has 0 saturated heterocycles. The van der Waals surface area contributed by atoms with Crippen LogP contribution in [0.25, 0.3) is 0 Å². The van der Waals surface area contributed by atoms with Gasteiger partial charge in [0.05, 0.1) is 7.11 Å². The first-order valence-corrected chi connectivity index (χ1v) is 6.13. The van der Waals surface area contributed by atoms with Gasteiger partial charge in [-0.1, -0.05) is 26.8 Å². The third-order valence-electron chi connectivity index (χ3n) is 3.22. The number of hydrogen-bond acceptors (Lipinski definition) is 2. The van der Waals surface area contributed by atoms with Crippen LogP contribution in [0, 0.1) is 6.92 Å². The molecule has 0 bridgehead atoms.